The summed E-state index contributed by atoms with van der Waals surface area (Å²) in [7, 11) is 0. The van der Waals surface area contributed by atoms with Gasteiger partial charge < -0.3 is 4.74 Å². The molecule has 0 saturated heterocycles. The molecule has 0 N–H and O–H groups in total. The van der Waals surface area contributed by atoms with Crippen LogP contribution in [0.1, 0.15) is 29.4 Å². The van der Waals surface area contributed by atoms with Crippen molar-refractivity contribution in [1.82, 2.24) is 0 Å². The van der Waals surface area contributed by atoms with E-state index in [1.165, 1.54) is 24.3 Å². The first-order valence-corrected chi connectivity index (χ1v) is 8.16. The highest BCUT2D eigenvalue weighted by Crippen LogP contribution is 2.17. The quantitative estimate of drug-likeness (QED) is 0.219. The molecule has 0 amide bonds. The van der Waals surface area contributed by atoms with Crippen molar-refractivity contribution in [2.24, 2.45) is 0 Å². The molecule has 0 heterocycles. The minimum atomic E-state index is -0.293. The zero-order chi connectivity index (χ0) is 18.1. The minimum absolute atomic E-state index is 0.293. The van der Waals surface area contributed by atoms with E-state index < -0.39 is 0 Å². The average Bonchev–Trinajstić information content (AvgIpc) is 2.62. The molecule has 0 atom stereocenters. The van der Waals surface area contributed by atoms with E-state index in [4.69, 9.17) is 9.16 Å². The maximum atomic E-state index is 13.1. The summed E-state index contributed by atoms with van der Waals surface area (Å²) in [6.45, 7) is 4.77. The molecule has 0 aromatic heterocycles. The molecule has 0 radical (unpaired) electrons. The number of ether oxygens (including phenoxy) is 1. The third-order valence-corrected chi connectivity index (χ3v) is 3.35. The van der Waals surface area contributed by atoms with Crippen LogP contribution < -0.4 is 0 Å². The van der Waals surface area contributed by atoms with E-state index >= 15 is 0 Å². The highest BCUT2D eigenvalue weighted by atomic mass is 19.1. The molecule has 2 nitrogen and oxygen atoms in total. The number of hydrogen-bond acceptors (Lipinski definition) is 1. The van der Waals surface area contributed by atoms with Gasteiger partial charge in [0.05, 0.1) is 12.2 Å². The fourth-order valence-corrected chi connectivity index (χ4v) is 2.22. The van der Waals surface area contributed by atoms with Crippen LogP contribution in [0.4, 0.5) is 8.78 Å². The number of benzene rings is 2. The summed E-state index contributed by atoms with van der Waals surface area (Å²) in [4.78, 5) is 0. The van der Waals surface area contributed by atoms with E-state index in [2.05, 4.69) is 0 Å². The van der Waals surface area contributed by atoms with Gasteiger partial charge in [-0.25, -0.2) is 8.78 Å². The molecule has 0 unspecified atom stereocenters. The zero-order valence-corrected chi connectivity index (χ0v) is 14.3. The predicted octanol–water partition coefficient (Wildman–Crippen LogP) is 5.34. The Morgan fingerprint density at radius 1 is 0.920 bits per heavy atom. The van der Waals surface area contributed by atoms with Gasteiger partial charge in [0.15, 0.2) is 0 Å². The Bertz CT molecular complexity index is 757. The monoisotopic (exact) mass is 343 g/mol. The average molecular weight is 343 g/mol. The fraction of sp³-hybridized carbons (Fsp3) is 0.190. The van der Waals surface area contributed by atoms with E-state index in [1.54, 1.807) is 42.5 Å². The van der Waals surface area contributed by atoms with Gasteiger partial charge in [-0.2, -0.15) is 0 Å². The molecule has 0 aliphatic carbocycles. The first kappa shape index (κ1) is 18.6. The molecule has 0 aliphatic heterocycles. The first-order chi connectivity index (χ1) is 12.1. The number of ketones is 1. The Labute approximate surface area is 146 Å². The third-order valence-electron chi connectivity index (χ3n) is 3.35. The van der Waals surface area contributed by atoms with Gasteiger partial charge in [0, 0.05) is 18.6 Å². The minimum Gasteiger partial charge on any atom is -0.493 e. The summed E-state index contributed by atoms with van der Waals surface area (Å²) in [5.41, 5.74) is 1.57. The van der Waals surface area contributed by atoms with E-state index in [1.807, 2.05) is 13.8 Å². The van der Waals surface area contributed by atoms with Crippen molar-refractivity contribution in [3.8, 4) is 0 Å². The van der Waals surface area contributed by atoms with Crippen LogP contribution in [0, 0.1) is 11.6 Å². The Morgan fingerprint density at radius 3 is 2.00 bits per heavy atom. The standard InChI is InChI=1S/C21H21F2O2/c1-3-24-20(16-8-12-18(22)13-9-16)6-5-7-21(25-4-2)17-10-14-19(23)15-11-17/h5-15H,3-4H2,1-2H3/q+1/b6-5+,21-7-. The summed E-state index contributed by atoms with van der Waals surface area (Å²) in [6.07, 6.45) is 5.38. The molecule has 2 rings (SSSR count). The normalized spacial score (nSPS) is 12.6. The SMILES string of the molecule is CCO/C(=C\C=C\C(=[O+]CC)c1ccc(F)cc1)c1ccc(F)cc1. The molecule has 130 valence electrons. The summed E-state index contributed by atoms with van der Waals surface area (Å²) in [5, 5.41) is 0. The van der Waals surface area contributed by atoms with Crippen LogP contribution >= 0.6 is 0 Å². The number of halogens is 2. The Balaban J connectivity index is 2.25. The van der Waals surface area contributed by atoms with Gasteiger partial charge in [0.2, 0.25) is 0 Å². The van der Waals surface area contributed by atoms with Crippen molar-refractivity contribution in [1.29, 1.82) is 0 Å². The summed E-state index contributed by atoms with van der Waals surface area (Å²) in [6, 6.07) is 12.2. The smallest absolute Gasteiger partial charge is 0.350 e. The summed E-state index contributed by atoms with van der Waals surface area (Å²) in [5.74, 6) is 0.680. The lowest BCUT2D eigenvalue weighted by atomic mass is 10.1. The molecule has 0 bridgehead atoms. The lowest BCUT2D eigenvalue weighted by Gasteiger charge is -2.07. The van der Waals surface area contributed by atoms with Crippen molar-refractivity contribution >= 4 is 11.5 Å². The summed E-state index contributed by atoms with van der Waals surface area (Å²) < 4.78 is 37.4. The number of allylic oxidation sites excluding steroid dienone is 3. The largest absolute Gasteiger partial charge is 0.493 e. The number of rotatable bonds is 7. The lowest BCUT2D eigenvalue weighted by molar-refractivity contribution is -0.261. The van der Waals surface area contributed by atoms with Crippen LogP contribution in [0.2, 0.25) is 0 Å². The fourth-order valence-electron chi connectivity index (χ4n) is 2.22. The van der Waals surface area contributed by atoms with E-state index in [-0.39, 0.29) is 11.6 Å². The van der Waals surface area contributed by atoms with Crippen molar-refractivity contribution in [3.63, 3.8) is 0 Å². The second kappa shape index (κ2) is 9.52. The van der Waals surface area contributed by atoms with Crippen LogP contribution in [-0.2, 0) is 4.74 Å². The van der Waals surface area contributed by atoms with Gasteiger partial charge in [-0.3, -0.25) is 4.42 Å². The van der Waals surface area contributed by atoms with E-state index in [0.29, 0.717) is 24.8 Å². The van der Waals surface area contributed by atoms with Gasteiger partial charge >= 0.3 is 5.78 Å². The lowest BCUT2D eigenvalue weighted by Crippen LogP contribution is -1.98. The highest BCUT2D eigenvalue weighted by Gasteiger charge is 2.11. The van der Waals surface area contributed by atoms with E-state index in [9.17, 15) is 8.78 Å². The predicted molar refractivity (Wildman–Crippen MR) is 96.4 cm³/mol. The first-order valence-electron chi connectivity index (χ1n) is 8.16. The van der Waals surface area contributed by atoms with Gasteiger partial charge in [-0.05, 0) is 67.6 Å². The third kappa shape index (κ3) is 5.68. The molecule has 25 heavy (non-hydrogen) atoms. The molecular formula is C21H21F2O2+. The molecular weight excluding hydrogens is 322 g/mol. The van der Waals surface area contributed by atoms with Crippen molar-refractivity contribution in [2.75, 3.05) is 13.2 Å². The van der Waals surface area contributed by atoms with Crippen molar-refractivity contribution in [3.05, 3.63) is 89.5 Å². The molecule has 2 aromatic rings. The van der Waals surface area contributed by atoms with Crippen molar-refractivity contribution in [2.45, 2.75) is 13.8 Å². The molecule has 4 heteroatoms. The second-order valence-electron chi connectivity index (χ2n) is 5.13. The Kier molecular flexibility index (Phi) is 7.08. The maximum absolute atomic E-state index is 13.1. The summed E-state index contributed by atoms with van der Waals surface area (Å²) >= 11 is 0. The van der Waals surface area contributed by atoms with Crippen LogP contribution in [0.25, 0.3) is 5.76 Å². The zero-order valence-electron chi connectivity index (χ0n) is 14.3. The van der Waals surface area contributed by atoms with Crippen LogP contribution in [0.15, 0.2) is 66.8 Å². The van der Waals surface area contributed by atoms with Crippen LogP contribution in [0.5, 0.6) is 0 Å². The maximum Gasteiger partial charge on any atom is 0.350 e. The number of hydrogen-bond donors (Lipinski definition) is 0. The Morgan fingerprint density at radius 2 is 1.48 bits per heavy atom. The van der Waals surface area contributed by atoms with E-state index in [0.717, 1.165) is 11.1 Å². The molecule has 0 spiro atoms. The van der Waals surface area contributed by atoms with Crippen molar-refractivity contribution < 1.29 is 17.9 Å². The number of carbonyl (C=O) groups excluding carboxylic acids is 1. The molecule has 0 aliphatic rings. The topological polar surface area (TPSA) is 20.5 Å². The molecule has 2 aromatic carbocycles. The van der Waals surface area contributed by atoms with Gasteiger partial charge in [0.25, 0.3) is 6.61 Å². The van der Waals surface area contributed by atoms with Gasteiger partial charge in [-0.1, -0.05) is 0 Å². The molecule has 0 saturated carbocycles. The van der Waals surface area contributed by atoms with Crippen LogP contribution in [-0.4, -0.2) is 19.0 Å². The molecule has 0 fully saturated rings. The second-order valence-corrected chi connectivity index (χ2v) is 5.13. The van der Waals surface area contributed by atoms with Crippen LogP contribution in [0.3, 0.4) is 0 Å². The highest BCUT2D eigenvalue weighted by molar-refractivity contribution is 6.05. The van der Waals surface area contributed by atoms with Gasteiger partial charge in [-0.15, -0.1) is 0 Å². The van der Waals surface area contributed by atoms with Gasteiger partial charge in [0.1, 0.15) is 17.4 Å². The Hall–Kier alpha value is -2.75.